The van der Waals surface area contributed by atoms with E-state index in [1.807, 2.05) is 60.7 Å². The van der Waals surface area contributed by atoms with Gasteiger partial charge in [0.25, 0.3) is 11.8 Å². The van der Waals surface area contributed by atoms with E-state index >= 15 is 0 Å². The fraction of sp³-hybridized carbons (Fsp3) is 0.111. The van der Waals surface area contributed by atoms with Gasteiger partial charge in [-0.15, -0.1) is 0 Å². The average Bonchev–Trinajstić information content (AvgIpc) is 2.82. The molecule has 2 amide bonds. The normalized spacial score (nSPS) is 14.2. The van der Waals surface area contributed by atoms with Crippen LogP contribution in [0.3, 0.4) is 0 Å². The van der Waals surface area contributed by atoms with Crippen LogP contribution in [-0.2, 0) is 22.7 Å². The molecule has 1 N–H and O–H groups in total. The molecule has 0 saturated carbocycles. The van der Waals surface area contributed by atoms with Gasteiger partial charge in [-0.25, -0.2) is 0 Å². The summed E-state index contributed by atoms with van der Waals surface area (Å²) in [5.74, 6) is -0.547. The highest BCUT2D eigenvalue weighted by Gasteiger charge is 2.30. The first-order valence-corrected chi connectivity index (χ1v) is 7.13. The number of imide groups is 1. The van der Waals surface area contributed by atoms with E-state index in [0.29, 0.717) is 18.8 Å². The van der Waals surface area contributed by atoms with Crippen LogP contribution < -0.4 is 5.32 Å². The van der Waals surface area contributed by atoms with Crippen molar-refractivity contribution in [1.29, 1.82) is 0 Å². The molecule has 1 aliphatic rings. The van der Waals surface area contributed by atoms with Crippen molar-refractivity contribution >= 4 is 11.8 Å². The van der Waals surface area contributed by atoms with Gasteiger partial charge in [0.1, 0.15) is 5.70 Å². The number of nitrogens with one attached hydrogen (secondary N) is 1. The molecular formula is C18H16N2O2. The molecule has 0 spiro atoms. The smallest absolute Gasteiger partial charge is 0.277 e. The summed E-state index contributed by atoms with van der Waals surface area (Å²) < 4.78 is 0. The van der Waals surface area contributed by atoms with E-state index in [1.165, 1.54) is 11.0 Å². The van der Waals surface area contributed by atoms with E-state index in [-0.39, 0.29) is 11.8 Å². The SMILES string of the molecule is O=C1C=C(NCc2ccccc2)C(=O)N1Cc1ccccc1. The third kappa shape index (κ3) is 3.06. The van der Waals surface area contributed by atoms with Gasteiger partial charge in [0.2, 0.25) is 0 Å². The monoisotopic (exact) mass is 292 g/mol. The molecule has 2 aromatic rings. The van der Waals surface area contributed by atoms with Gasteiger partial charge in [-0.1, -0.05) is 60.7 Å². The summed E-state index contributed by atoms with van der Waals surface area (Å²) in [7, 11) is 0. The molecule has 0 aliphatic carbocycles. The summed E-state index contributed by atoms with van der Waals surface area (Å²) in [6, 6.07) is 19.2. The van der Waals surface area contributed by atoms with E-state index < -0.39 is 0 Å². The minimum absolute atomic E-state index is 0.273. The molecule has 22 heavy (non-hydrogen) atoms. The predicted molar refractivity (Wildman–Crippen MR) is 83.4 cm³/mol. The van der Waals surface area contributed by atoms with Crippen molar-refractivity contribution in [1.82, 2.24) is 10.2 Å². The van der Waals surface area contributed by atoms with Crippen molar-refractivity contribution < 1.29 is 9.59 Å². The standard InChI is InChI=1S/C18H16N2O2/c21-17-11-16(19-12-14-7-3-1-4-8-14)18(22)20(17)13-15-9-5-2-6-10-15/h1-11,19H,12-13H2. The molecule has 110 valence electrons. The lowest BCUT2D eigenvalue weighted by Crippen LogP contribution is -2.32. The number of rotatable bonds is 5. The van der Waals surface area contributed by atoms with Gasteiger partial charge in [0.05, 0.1) is 6.54 Å². The molecule has 2 aromatic carbocycles. The van der Waals surface area contributed by atoms with E-state index in [0.717, 1.165) is 11.1 Å². The highest BCUT2D eigenvalue weighted by molar-refractivity contribution is 6.15. The maximum atomic E-state index is 12.3. The fourth-order valence-corrected chi connectivity index (χ4v) is 2.34. The zero-order valence-electron chi connectivity index (χ0n) is 12.0. The Morgan fingerprint density at radius 1 is 0.818 bits per heavy atom. The quantitative estimate of drug-likeness (QED) is 0.860. The van der Waals surface area contributed by atoms with Gasteiger partial charge in [0.15, 0.2) is 0 Å². The Morgan fingerprint density at radius 2 is 1.41 bits per heavy atom. The molecule has 4 nitrogen and oxygen atoms in total. The maximum absolute atomic E-state index is 12.3. The molecule has 0 aromatic heterocycles. The highest BCUT2D eigenvalue weighted by Crippen LogP contribution is 2.15. The summed E-state index contributed by atoms with van der Waals surface area (Å²) in [5, 5.41) is 3.04. The second-order valence-corrected chi connectivity index (χ2v) is 5.11. The summed E-state index contributed by atoms with van der Waals surface area (Å²) in [5.41, 5.74) is 2.34. The number of carbonyl (C=O) groups excluding carboxylic acids is 2. The van der Waals surface area contributed by atoms with Crippen LogP contribution in [0.25, 0.3) is 0 Å². The molecule has 1 aliphatic heterocycles. The van der Waals surface area contributed by atoms with Crippen molar-refractivity contribution in [2.45, 2.75) is 13.1 Å². The number of amides is 2. The minimum atomic E-state index is -0.274. The van der Waals surface area contributed by atoms with Gasteiger partial charge in [-0.05, 0) is 11.1 Å². The highest BCUT2D eigenvalue weighted by atomic mass is 16.2. The van der Waals surface area contributed by atoms with Gasteiger partial charge in [-0.3, -0.25) is 14.5 Å². The topological polar surface area (TPSA) is 49.4 Å². The summed E-state index contributed by atoms with van der Waals surface area (Å²) in [4.78, 5) is 25.6. The molecule has 0 saturated heterocycles. The van der Waals surface area contributed by atoms with Gasteiger partial charge < -0.3 is 5.32 Å². The second kappa shape index (κ2) is 6.26. The molecule has 4 heteroatoms. The Balaban J connectivity index is 1.64. The van der Waals surface area contributed by atoms with Gasteiger partial charge >= 0.3 is 0 Å². The van der Waals surface area contributed by atoms with E-state index in [9.17, 15) is 9.59 Å². The lowest BCUT2D eigenvalue weighted by atomic mass is 10.2. The lowest BCUT2D eigenvalue weighted by Gasteiger charge is -2.15. The Morgan fingerprint density at radius 3 is 2.05 bits per heavy atom. The molecule has 0 fully saturated rings. The van der Waals surface area contributed by atoms with Crippen LogP contribution in [0.4, 0.5) is 0 Å². The first-order chi connectivity index (χ1) is 10.7. The fourth-order valence-electron chi connectivity index (χ4n) is 2.34. The summed E-state index contributed by atoms with van der Waals surface area (Å²) in [6.07, 6.45) is 1.37. The van der Waals surface area contributed by atoms with E-state index in [1.54, 1.807) is 0 Å². The summed E-state index contributed by atoms with van der Waals surface area (Å²) in [6.45, 7) is 0.816. The maximum Gasteiger partial charge on any atom is 0.277 e. The number of benzene rings is 2. The third-order valence-corrected chi connectivity index (χ3v) is 3.52. The van der Waals surface area contributed by atoms with Gasteiger partial charge in [-0.2, -0.15) is 0 Å². The number of carbonyl (C=O) groups is 2. The average molecular weight is 292 g/mol. The zero-order chi connectivity index (χ0) is 15.4. The Hall–Kier alpha value is -2.88. The molecule has 0 bridgehead atoms. The first-order valence-electron chi connectivity index (χ1n) is 7.13. The van der Waals surface area contributed by atoms with Crippen molar-refractivity contribution in [3.8, 4) is 0 Å². The minimum Gasteiger partial charge on any atom is -0.376 e. The van der Waals surface area contributed by atoms with Crippen LogP contribution in [0.15, 0.2) is 72.4 Å². The van der Waals surface area contributed by atoms with E-state index in [4.69, 9.17) is 0 Å². The predicted octanol–water partition coefficient (Wildman–Crippen LogP) is 2.23. The van der Waals surface area contributed by atoms with Gasteiger partial charge in [0, 0.05) is 12.6 Å². The summed E-state index contributed by atoms with van der Waals surface area (Å²) >= 11 is 0. The Kier molecular flexibility index (Phi) is 4.01. The van der Waals surface area contributed by atoms with Crippen molar-refractivity contribution in [2.75, 3.05) is 0 Å². The van der Waals surface area contributed by atoms with Crippen LogP contribution in [-0.4, -0.2) is 16.7 Å². The van der Waals surface area contributed by atoms with Crippen LogP contribution in [0, 0.1) is 0 Å². The third-order valence-electron chi connectivity index (χ3n) is 3.52. The molecule has 0 unspecified atom stereocenters. The van der Waals surface area contributed by atoms with Crippen molar-refractivity contribution in [3.63, 3.8) is 0 Å². The molecule has 0 radical (unpaired) electrons. The van der Waals surface area contributed by atoms with Crippen molar-refractivity contribution in [3.05, 3.63) is 83.6 Å². The van der Waals surface area contributed by atoms with Crippen LogP contribution >= 0.6 is 0 Å². The second-order valence-electron chi connectivity index (χ2n) is 5.11. The lowest BCUT2D eigenvalue weighted by molar-refractivity contribution is -0.138. The van der Waals surface area contributed by atoms with Crippen LogP contribution in [0.1, 0.15) is 11.1 Å². The molecule has 0 atom stereocenters. The first kappa shape index (κ1) is 14.1. The Labute approximate surface area is 129 Å². The largest absolute Gasteiger partial charge is 0.376 e. The molecule has 3 rings (SSSR count). The number of nitrogens with zero attached hydrogens (tertiary/aromatic N) is 1. The number of hydrogen-bond donors (Lipinski definition) is 1. The van der Waals surface area contributed by atoms with Crippen molar-refractivity contribution in [2.24, 2.45) is 0 Å². The molecule has 1 heterocycles. The van der Waals surface area contributed by atoms with E-state index in [2.05, 4.69) is 5.32 Å². The number of hydrogen-bond acceptors (Lipinski definition) is 3. The molecular weight excluding hydrogens is 276 g/mol. The van der Waals surface area contributed by atoms with Crippen LogP contribution in [0.2, 0.25) is 0 Å². The van der Waals surface area contributed by atoms with Crippen LogP contribution in [0.5, 0.6) is 0 Å². The zero-order valence-corrected chi connectivity index (χ0v) is 12.0. The Bertz CT molecular complexity index is 708.